The standard InChI is InChI=1S/C53H38O/c1-3-17-39-33-49-41(31-37(39)15-1)19-11-23-45(49)47-27-25-35-13-5-7-21-43(35)51(47)53(29-9-10-30-54-53)52-44-22-8-6-14-36(44)26-28-48(52)46-24-12-20-42-32-38-16-2-4-18-40(38)34-50(42)46/h1-8,11-28,31-34H,9-10,29-30H2. The van der Waals surface area contributed by atoms with E-state index in [2.05, 4.69) is 182 Å². The summed E-state index contributed by atoms with van der Waals surface area (Å²) in [6.45, 7) is 0.700. The van der Waals surface area contributed by atoms with Crippen LogP contribution in [0.2, 0.25) is 0 Å². The molecule has 1 aliphatic heterocycles. The normalized spacial score (nSPS) is 14.4. The molecule has 0 unspecified atom stereocenters. The van der Waals surface area contributed by atoms with Gasteiger partial charge in [0.15, 0.2) is 0 Å². The predicted molar refractivity (Wildman–Crippen MR) is 229 cm³/mol. The Morgan fingerprint density at radius 2 is 0.741 bits per heavy atom. The maximum absolute atomic E-state index is 7.54. The SMILES string of the molecule is c1ccc2cc3c(-c4ccc5ccccc5c4C4(c5c(-c6cccc7cc8ccccc8cc67)ccc6ccccc56)CCCCO4)cccc3cc2c1. The van der Waals surface area contributed by atoms with Crippen molar-refractivity contribution >= 4 is 64.6 Å². The topological polar surface area (TPSA) is 9.23 Å². The van der Waals surface area contributed by atoms with E-state index >= 15 is 0 Å². The maximum atomic E-state index is 7.54. The Morgan fingerprint density at radius 3 is 1.20 bits per heavy atom. The van der Waals surface area contributed by atoms with Crippen LogP contribution >= 0.6 is 0 Å². The Balaban J connectivity index is 1.28. The zero-order chi connectivity index (χ0) is 35.6. The molecule has 0 radical (unpaired) electrons. The third-order valence-electron chi connectivity index (χ3n) is 12.0. The van der Waals surface area contributed by atoms with Crippen molar-refractivity contribution < 1.29 is 4.74 Å². The van der Waals surface area contributed by atoms with Crippen LogP contribution in [-0.2, 0) is 10.3 Å². The van der Waals surface area contributed by atoms with Crippen LogP contribution in [0.25, 0.3) is 86.9 Å². The van der Waals surface area contributed by atoms with E-state index in [9.17, 15) is 0 Å². The van der Waals surface area contributed by atoms with E-state index in [1.54, 1.807) is 0 Å². The molecule has 10 aromatic rings. The number of ether oxygens (including phenoxy) is 1. The summed E-state index contributed by atoms with van der Waals surface area (Å²) in [7, 11) is 0. The average molecular weight is 691 g/mol. The first-order valence-electron chi connectivity index (χ1n) is 19.3. The second-order valence-electron chi connectivity index (χ2n) is 15.0. The van der Waals surface area contributed by atoms with Gasteiger partial charge >= 0.3 is 0 Å². The van der Waals surface area contributed by atoms with Crippen LogP contribution in [-0.4, -0.2) is 6.61 Å². The minimum Gasteiger partial charge on any atom is -0.365 e. The fourth-order valence-electron chi connectivity index (χ4n) is 9.58. The molecule has 1 saturated heterocycles. The van der Waals surface area contributed by atoms with Gasteiger partial charge in [0.05, 0.1) is 0 Å². The summed E-state index contributed by atoms with van der Waals surface area (Å²) >= 11 is 0. The highest BCUT2D eigenvalue weighted by molar-refractivity contribution is 6.10. The molecule has 1 fully saturated rings. The quantitative estimate of drug-likeness (QED) is 0.167. The molecule has 0 atom stereocenters. The zero-order valence-corrected chi connectivity index (χ0v) is 30.1. The lowest BCUT2D eigenvalue weighted by Crippen LogP contribution is -2.36. The van der Waals surface area contributed by atoms with E-state index < -0.39 is 5.60 Å². The second-order valence-corrected chi connectivity index (χ2v) is 15.0. The molecular formula is C53H38O. The van der Waals surface area contributed by atoms with Gasteiger partial charge in [0, 0.05) is 17.7 Å². The third-order valence-corrected chi connectivity index (χ3v) is 12.0. The maximum Gasteiger partial charge on any atom is 0.120 e. The first-order chi connectivity index (χ1) is 26.7. The van der Waals surface area contributed by atoms with Crippen molar-refractivity contribution in [1.82, 2.24) is 0 Å². The predicted octanol–water partition coefficient (Wildman–Crippen LogP) is 14.4. The molecule has 1 heteroatoms. The van der Waals surface area contributed by atoms with Crippen molar-refractivity contribution in [3.8, 4) is 22.3 Å². The molecule has 0 aromatic heterocycles. The first kappa shape index (κ1) is 31.3. The van der Waals surface area contributed by atoms with Crippen molar-refractivity contribution in [1.29, 1.82) is 0 Å². The summed E-state index contributed by atoms with van der Waals surface area (Å²) in [5, 5.41) is 15.0. The smallest absolute Gasteiger partial charge is 0.120 e. The summed E-state index contributed by atoms with van der Waals surface area (Å²) in [6, 6.07) is 67.7. The molecule has 0 aliphatic carbocycles. The van der Waals surface area contributed by atoms with E-state index in [0.717, 1.165) is 19.3 Å². The molecule has 54 heavy (non-hydrogen) atoms. The van der Waals surface area contributed by atoms with Crippen LogP contribution in [0.3, 0.4) is 0 Å². The summed E-state index contributed by atoms with van der Waals surface area (Å²) < 4.78 is 7.54. The molecule has 0 bridgehead atoms. The molecule has 0 amide bonds. The Hall–Kier alpha value is -6.28. The van der Waals surface area contributed by atoms with Crippen LogP contribution in [0, 0.1) is 0 Å². The van der Waals surface area contributed by atoms with Gasteiger partial charge in [-0.15, -0.1) is 0 Å². The van der Waals surface area contributed by atoms with Gasteiger partial charge in [0.25, 0.3) is 0 Å². The average Bonchev–Trinajstić information content (AvgIpc) is 3.24. The Bertz CT molecular complexity index is 2890. The van der Waals surface area contributed by atoms with Crippen LogP contribution in [0.5, 0.6) is 0 Å². The molecule has 1 aliphatic rings. The highest BCUT2D eigenvalue weighted by atomic mass is 16.5. The Morgan fingerprint density at radius 1 is 0.315 bits per heavy atom. The number of rotatable bonds is 4. The zero-order valence-electron chi connectivity index (χ0n) is 30.1. The van der Waals surface area contributed by atoms with Crippen molar-refractivity contribution in [3.05, 3.63) is 193 Å². The monoisotopic (exact) mass is 690 g/mol. The Kier molecular flexibility index (Phi) is 7.18. The van der Waals surface area contributed by atoms with Gasteiger partial charge in [-0.1, -0.05) is 158 Å². The fourth-order valence-corrected chi connectivity index (χ4v) is 9.58. The fraction of sp³-hybridized carbons (Fsp3) is 0.0943. The lowest BCUT2D eigenvalue weighted by atomic mass is 9.71. The van der Waals surface area contributed by atoms with Gasteiger partial charge in [0.2, 0.25) is 0 Å². The molecule has 0 N–H and O–H groups in total. The number of hydrogen-bond acceptors (Lipinski definition) is 1. The van der Waals surface area contributed by atoms with Crippen LogP contribution in [0.4, 0.5) is 0 Å². The van der Waals surface area contributed by atoms with E-state index in [0.29, 0.717) is 6.61 Å². The Labute approximate surface area is 315 Å². The molecule has 10 aromatic carbocycles. The largest absolute Gasteiger partial charge is 0.365 e. The van der Waals surface area contributed by atoms with Gasteiger partial charge in [-0.05, 0) is 130 Å². The van der Waals surface area contributed by atoms with E-state index in [1.165, 1.54) is 98.0 Å². The minimum absolute atomic E-state index is 0.700. The van der Waals surface area contributed by atoms with E-state index in [1.807, 2.05) is 0 Å². The summed E-state index contributed by atoms with van der Waals surface area (Å²) in [5.41, 5.74) is 6.77. The molecular weight excluding hydrogens is 653 g/mol. The summed E-state index contributed by atoms with van der Waals surface area (Å²) in [6.07, 6.45) is 3.00. The van der Waals surface area contributed by atoms with Crippen molar-refractivity contribution in [2.45, 2.75) is 24.9 Å². The lowest BCUT2D eigenvalue weighted by molar-refractivity contribution is -0.0505. The van der Waals surface area contributed by atoms with E-state index in [-0.39, 0.29) is 0 Å². The van der Waals surface area contributed by atoms with Gasteiger partial charge in [-0.3, -0.25) is 0 Å². The number of fused-ring (bicyclic) bond motifs is 6. The molecule has 1 heterocycles. The van der Waals surface area contributed by atoms with Crippen LogP contribution in [0.1, 0.15) is 30.4 Å². The van der Waals surface area contributed by atoms with Crippen LogP contribution < -0.4 is 0 Å². The first-order valence-corrected chi connectivity index (χ1v) is 19.3. The third kappa shape index (κ3) is 4.82. The molecule has 0 spiro atoms. The second kappa shape index (κ2) is 12.4. The highest BCUT2D eigenvalue weighted by Gasteiger charge is 2.43. The van der Waals surface area contributed by atoms with Crippen molar-refractivity contribution in [2.75, 3.05) is 6.61 Å². The van der Waals surface area contributed by atoms with Crippen LogP contribution in [0.15, 0.2) is 182 Å². The summed E-state index contributed by atoms with van der Waals surface area (Å²) in [5.74, 6) is 0. The summed E-state index contributed by atoms with van der Waals surface area (Å²) in [4.78, 5) is 0. The van der Waals surface area contributed by atoms with Crippen molar-refractivity contribution in [3.63, 3.8) is 0 Å². The van der Waals surface area contributed by atoms with Crippen molar-refractivity contribution in [2.24, 2.45) is 0 Å². The molecule has 1 nitrogen and oxygen atoms in total. The minimum atomic E-state index is -0.720. The number of benzene rings is 10. The van der Waals surface area contributed by atoms with E-state index in [4.69, 9.17) is 4.74 Å². The highest BCUT2D eigenvalue weighted by Crippen LogP contribution is 2.54. The number of hydrogen-bond donors (Lipinski definition) is 0. The van der Waals surface area contributed by atoms with Gasteiger partial charge in [0.1, 0.15) is 5.60 Å². The van der Waals surface area contributed by atoms with Gasteiger partial charge in [-0.2, -0.15) is 0 Å². The lowest BCUT2D eigenvalue weighted by Gasteiger charge is -2.42. The molecule has 256 valence electrons. The van der Waals surface area contributed by atoms with Gasteiger partial charge < -0.3 is 4.74 Å². The molecule has 11 rings (SSSR count). The van der Waals surface area contributed by atoms with Gasteiger partial charge in [-0.25, -0.2) is 0 Å². The molecule has 0 saturated carbocycles.